The monoisotopic (exact) mass is 322 g/mol. The number of piperidine rings is 1. The highest BCUT2D eigenvalue weighted by Gasteiger charge is 2.43. The maximum Gasteiger partial charge on any atom is 0.272 e. The zero-order valence-electron chi connectivity index (χ0n) is 13.9. The summed E-state index contributed by atoms with van der Waals surface area (Å²) in [5.74, 6) is 0.787. The molecule has 2 aromatic rings. The molecule has 0 unspecified atom stereocenters. The molecule has 0 N–H and O–H groups in total. The van der Waals surface area contributed by atoms with Crippen LogP contribution in [0.5, 0.6) is 0 Å². The summed E-state index contributed by atoms with van der Waals surface area (Å²) in [6.07, 6.45) is 6.52. The second kappa shape index (κ2) is 6.32. The van der Waals surface area contributed by atoms with E-state index in [1.165, 1.54) is 5.56 Å². The van der Waals surface area contributed by atoms with Crippen molar-refractivity contribution in [2.45, 2.75) is 25.9 Å². The predicted octanol–water partition coefficient (Wildman–Crippen LogP) is 2.13. The van der Waals surface area contributed by atoms with E-state index in [2.05, 4.69) is 20.9 Å². The van der Waals surface area contributed by atoms with Crippen LogP contribution in [0, 0.1) is 12.8 Å². The molecular weight excluding hydrogens is 300 g/mol. The van der Waals surface area contributed by atoms with Gasteiger partial charge in [0, 0.05) is 50.8 Å². The summed E-state index contributed by atoms with van der Waals surface area (Å²) in [6.45, 7) is 5.64. The van der Waals surface area contributed by atoms with Crippen LogP contribution in [-0.4, -0.2) is 51.4 Å². The molecule has 0 radical (unpaired) electrons. The number of hydrogen-bond acceptors (Lipinski definition) is 4. The first-order valence-corrected chi connectivity index (χ1v) is 8.56. The van der Waals surface area contributed by atoms with Crippen molar-refractivity contribution in [1.29, 1.82) is 0 Å². The predicted molar refractivity (Wildman–Crippen MR) is 91.4 cm³/mol. The smallest absolute Gasteiger partial charge is 0.272 e. The highest BCUT2D eigenvalue weighted by atomic mass is 16.2. The van der Waals surface area contributed by atoms with E-state index >= 15 is 0 Å². The van der Waals surface area contributed by atoms with Gasteiger partial charge in [0.1, 0.15) is 5.69 Å². The van der Waals surface area contributed by atoms with Crippen molar-refractivity contribution in [3.63, 3.8) is 0 Å². The number of pyridine rings is 2. The molecule has 0 spiro atoms. The molecule has 2 aliphatic rings. The van der Waals surface area contributed by atoms with E-state index in [1.807, 2.05) is 36.2 Å². The number of aryl methyl sites for hydroxylation is 1. The van der Waals surface area contributed by atoms with Gasteiger partial charge >= 0.3 is 0 Å². The van der Waals surface area contributed by atoms with Crippen LogP contribution in [0.2, 0.25) is 0 Å². The Morgan fingerprint density at radius 1 is 1.25 bits per heavy atom. The molecule has 0 aromatic carbocycles. The summed E-state index contributed by atoms with van der Waals surface area (Å²) >= 11 is 0. The van der Waals surface area contributed by atoms with Gasteiger partial charge in [-0.25, -0.2) is 0 Å². The molecule has 0 aliphatic carbocycles. The average molecular weight is 322 g/mol. The summed E-state index contributed by atoms with van der Waals surface area (Å²) in [4.78, 5) is 25.7. The van der Waals surface area contributed by atoms with Gasteiger partial charge in [-0.1, -0.05) is 12.1 Å². The summed E-state index contributed by atoms with van der Waals surface area (Å²) in [7, 11) is 0. The minimum Gasteiger partial charge on any atom is -0.336 e. The van der Waals surface area contributed by atoms with Gasteiger partial charge in [-0.2, -0.15) is 0 Å². The Labute approximate surface area is 142 Å². The fourth-order valence-electron chi connectivity index (χ4n) is 3.86. The maximum absolute atomic E-state index is 12.8. The van der Waals surface area contributed by atoms with Crippen molar-refractivity contribution in [2.24, 2.45) is 5.92 Å². The van der Waals surface area contributed by atoms with E-state index in [9.17, 15) is 4.79 Å². The molecule has 2 fully saturated rings. The second-order valence-corrected chi connectivity index (χ2v) is 6.83. The fraction of sp³-hybridized carbons (Fsp3) is 0.421. The summed E-state index contributed by atoms with van der Waals surface area (Å²) in [5, 5.41) is 0. The standard InChI is InChI=1S/C19H22N4O/c1-14-4-2-8-21-18(14)19(24)22-9-6-16-12-23(17(16)13-22)11-15-5-3-7-20-10-15/h2-5,7-8,10,16-17H,6,9,11-13H2,1H3/t16-,17-/m1/s1. The van der Waals surface area contributed by atoms with E-state index in [4.69, 9.17) is 0 Å². The van der Waals surface area contributed by atoms with Crippen LogP contribution >= 0.6 is 0 Å². The number of aromatic nitrogens is 2. The maximum atomic E-state index is 12.8. The van der Waals surface area contributed by atoms with Crippen molar-refractivity contribution in [3.8, 4) is 0 Å². The van der Waals surface area contributed by atoms with Gasteiger partial charge < -0.3 is 4.90 Å². The Morgan fingerprint density at radius 2 is 2.12 bits per heavy atom. The molecule has 124 valence electrons. The van der Waals surface area contributed by atoms with Crippen LogP contribution in [0.15, 0.2) is 42.9 Å². The molecule has 5 nitrogen and oxygen atoms in total. The average Bonchev–Trinajstić information content (AvgIpc) is 2.60. The number of rotatable bonds is 3. The third-order valence-electron chi connectivity index (χ3n) is 5.27. The molecular formula is C19H22N4O. The van der Waals surface area contributed by atoms with Crippen molar-refractivity contribution in [2.75, 3.05) is 19.6 Å². The Balaban J connectivity index is 1.44. The molecule has 2 aromatic heterocycles. The lowest BCUT2D eigenvalue weighted by molar-refractivity contribution is -0.0429. The number of amides is 1. The van der Waals surface area contributed by atoms with E-state index < -0.39 is 0 Å². The van der Waals surface area contributed by atoms with Gasteiger partial charge in [-0.3, -0.25) is 19.7 Å². The Bertz CT molecular complexity index is 733. The molecule has 0 bridgehead atoms. The summed E-state index contributed by atoms with van der Waals surface area (Å²) in [5.41, 5.74) is 2.78. The van der Waals surface area contributed by atoms with Crippen molar-refractivity contribution < 1.29 is 4.79 Å². The first-order valence-electron chi connectivity index (χ1n) is 8.56. The zero-order chi connectivity index (χ0) is 16.5. The third-order valence-corrected chi connectivity index (χ3v) is 5.27. The minimum absolute atomic E-state index is 0.0692. The number of nitrogens with zero attached hydrogens (tertiary/aromatic N) is 4. The van der Waals surface area contributed by atoms with Crippen LogP contribution < -0.4 is 0 Å². The molecule has 5 heteroatoms. The summed E-state index contributed by atoms with van der Waals surface area (Å²) in [6, 6.07) is 8.38. The fourth-order valence-corrected chi connectivity index (χ4v) is 3.86. The SMILES string of the molecule is Cc1cccnc1C(=O)N1CC[C@@H]2CN(Cc3cccnc3)[C@@H]2C1. The van der Waals surface area contributed by atoms with E-state index in [-0.39, 0.29) is 5.91 Å². The van der Waals surface area contributed by atoms with Gasteiger partial charge in [-0.05, 0) is 42.5 Å². The van der Waals surface area contributed by atoms with Crippen LogP contribution in [-0.2, 0) is 6.54 Å². The first kappa shape index (κ1) is 15.3. The third kappa shape index (κ3) is 2.80. The zero-order valence-corrected chi connectivity index (χ0v) is 13.9. The Morgan fingerprint density at radius 3 is 2.92 bits per heavy atom. The topological polar surface area (TPSA) is 49.3 Å². The minimum atomic E-state index is 0.0692. The Kier molecular flexibility index (Phi) is 4.02. The molecule has 2 saturated heterocycles. The molecule has 4 heterocycles. The van der Waals surface area contributed by atoms with Crippen LogP contribution in [0.25, 0.3) is 0 Å². The largest absolute Gasteiger partial charge is 0.336 e. The van der Waals surface area contributed by atoms with Gasteiger partial charge in [0.25, 0.3) is 5.91 Å². The number of likely N-dealkylation sites (tertiary alicyclic amines) is 2. The van der Waals surface area contributed by atoms with Crippen molar-refractivity contribution in [1.82, 2.24) is 19.8 Å². The molecule has 4 rings (SSSR count). The molecule has 24 heavy (non-hydrogen) atoms. The van der Waals surface area contributed by atoms with Gasteiger partial charge in [0.2, 0.25) is 0 Å². The number of fused-ring (bicyclic) bond motifs is 1. The van der Waals surface area contributed by atoms with E-state index in [1.54, 1.807) is 12.4 Å². The number of hydrogen-bond donors (Lipinski definition) is 0. The highest BCUT2D eigenvalue weighted by molar-refractivity contribution is 5.93. The Hall–Kier alpha value is -2.27. The lowest BCUT2D eigenvalue weighted by Crippen LogP contribution is -2.64. The van der Waals surface area contributed by atoms with Gasteiger partial charge in [-0.15, -0.1) is 0 Å². The lowest BCUT2D eigenvalue weighted by Gasteiger charge is -2.53. The highest BCUT2D eigenvalue weighted by Crippen LogP contribution is 2.34. The quantitative estimate of drug-likeness (QED) is 0.869. The summed E-state index contributed by atoms with van der Waals surface area (Å²) < 4.78 is 0. The molecule has 0 saturated carbocycles. The van der Waals surface area contributed by atoms with E-state index in [0.717, 1.165) is 44.1 Å². The van der Waals surface area contributed by atoms with Crippen molar-refractivity contribution in [3.05, 3.63) is 59.7 Å². The van der Waals surface area contributed by atoms with Crippen LogP contribution in [0.3, 0.4) is 0 Å². The second-order valence-electron chi connectivity index (χ2n) is 6.83. The normalized spacial score (nSPS) is 23.5. The van der Waals surface area contributed by atoms with Gasteiger partial charge in [0.15, 0.2) is 0 Å². The molecule has 1 amide bonds. The molecule has 2 atom stereocenters. The van der Waals surface area contributed by atoms with Crippen molar-refractivity contribution >= 4 is 5.91 Å². The first-order chi connectivity index (χ1) is 11.7. The van der Waals surface area contributed by atoms with Crippen LogP contribution in [0.4, 0.5) is 0 Å². The van der Waals surface area contributed by atoms with Gasteiger partial charge in [0.05, 0.1) is 0 Å². The van der Waals surface area contributed by atoms with E-state index in [0.29, 0.717) is 11.7 Å². The lowest BCUT2D eigenvalue weighted by atomic mass is 9.82. The van der Waals surface area contributed by atoms with Crippen LogP contribution in [0.1, 0.15) is 28.0 Å². The number of carbonyl (C=O) groups excluding carboxylic acids is 1. The molecule has 2 aliphatic heterocycles. The number of carbonyl (C=O) groups is 1.